The molecule has 0 saturated carbocycles. The van der Waals surface area contributed by atoms with E-state index in [1.807, 2.05) is 37.4 Å². The molecule has 0 fully saturated rings. The van der Waals surface area contributed by atoms with Gasteiger partial charge in [-0.3, -0.25) is 9.78 Å². The lowest BCUT2D eigenvalue weighted by molar-refractivity contribution is -0.133. The van der Waals surface area contributed by atoms with Crippen LogP contribution in [0, 0.1) is 0 Å². The first-order valence-corrected chi connectivity index (χ1v) is 7.23. The van der Waals surface area contributed by atoms with Crippen molar-refractivity contribution in [3.8, 4) is 11.4 Å². The Hall–Kier alpha value is -2.41. The zero-order chi connectivity index (χ0) is 14.8. The third kappa shape index (κ3) is 2.59. The number of hydrogen-bond acceptors (Lipinski definition) is 5. The molecule has 6 nitrogen and oxygen atoms in total. The van der Waals surface area contributed by atoms with E-state index in [4.69, 9.17) is 5.11 Å². The van der Waals surface area contributed by atoms with Gasteiger partial charge in [-0.25, -0.2) is 0 Å². The molecule has 0 saturated heterocycles. The molecule has 7 heteroatoms. The second-order valence-electron chi connectivity index (χ2n) is 4.43. The first-order chi connectivity index (χ1) is 10.2. The summed E-state index contributed by atoms with van der Waals surface area (Å²) in [6.45, 7) is 0. The van der Waals surface area contributed by atoms with Crippen molar-refractivity contribution in [1.29, 1.82) is 0 Å². The maximum atomic E-state index is 10.6. The van der Waals surface area contributed by atoms with Crippen LogP contribution in [0.3, 0.4) is 0 Å². The van der Waals surface area contributed by atoms with Crippen LogP contribution in [0.25, 0.3) is 22.3 Å². The predicted molar refractivity (Wildman–Crippen MR) is 80.1 cm³/mol. The molecule has 0 aliphatic carbocycles. The summed E-state index contributed by atoms with van der Waals surface area (Å²) in [6.07, 6.45) is 1.74. The summed E-state index contributed by atoms with van der Waals surface area (Å²) in [5, 5.41) is 18.6. The maximum Gasteiger partial charge on any atom is 0.313 e. The van der Waals surface area contributed by atoms with Crippen molar-refractivity contribution in [3.63, 3.8) is 0 Å². The Morgan fingerprint density at radius 2 is 2.10 bits per heavy atom. The molecule has 0 amide bonds. The van der Waals surface area contributed by atoms with Gasteiger partial charge in [0.25, 0.3) is 0 Å². The predicted octanol–water partition coefficient (Wildman–Crippen LogP) is 2.21. The lowest BCUT2D eigenvalue weighted by Crippen LogP contribution is -2.01. The van der Waals surface area contributed by atoms with Gasteiger partial charge in [-0.05, 0) is 12.1 Å². The Morgan fingerprint density at radius 1 is 1.29 bits per heavy atom. The van der Waals surface area contributed by atoms with E-state index in [1.165, 1.54) is 0 Å². The molecule has 0 bridgehead atoms. The second kappa shape index (κ2) is 5.53. The van der Waals surface area contributed by atoms with Crippen LogP contribution in [0.15, 0.2) is 41.7 Å². The van der Waals surface area contributed by atoms with E-state index in [0.29, 0.717) is 11.0 Å². The molecule has 2 heterocycles. The van der Waals surface area contributed by atoms with E-state index in [0.717, 1.165) is 28.2 Å². The van der Waals surface area contributed by atoms with Crippen LogP contribution < -0.4 is 0 Å². The van der Waals surface area contributed by atoms with Gasteiger partial charge in [-0.2, -0.15) is 0 Å². The number of fused-ring (bicyclic) bond motifs is 1. The van der Waals surface area contributed by atoms with Crippen LogP contribution in [0.4, 0.5) is 0 Å². The molecule has 21 heavy (non-hydrogen) atoms. The summed E-state index contributed by atoms with van der Waals surface area (Å²) in [7, 11) is 1.82. The number of para-hydroxylation sites is 1. The third-order valence-electron chi connectivity index (χ3n) is 3.03. The number of rotatable bonds is 4. The SMILES string of the molecule is Cn1c(SCC(=O)O)nnc1-c1cccc2cccnc12. The average molecular weight is 300 g/mol. The lowest BCUT2D eigenvalue weighted by atomic mass is 10.1. The number of pyridine rings is 1. The molecule has 0 spiro atoms. The summed E-state index contributed by atoms with van der Waals surface area (Å²) in [4.78, 5) is 15.0. The van der Waals surface area contributed by atoms with Crippen LogP contribution >= 0.6 is 11.8 Å². The van der Waals surface area contributed by atoms with Crippen LogP contribution in [0.1, 0.15) is 0 Å². The van der Waals surface area contributed by atoms with Gasteiger partial charge in [0.2, 0.25) is 0 Å². The number of nitrogens with zero attached hydrogens (tertiary/aromatic N) is 4. The molecular weight excluding hydrogens is 288 g/mol. The molecular formula is C14H12N4O2S. The number of aliphatic carboxylic acids is 1. The quantitative estimate of drug-likeness (QED) is 0.744. The van der Waals surface area contributed by atoms with Gasteiger partial charge in [-0.1, -0.05) is 30.0 Å². The van der Waals surface area contributed by atoms with Crippen LogP contribution in [-0.4, -0.2) is 36.6 Å². The minimum Gasteiger partial charge on any atom is -0.481 e. The number of benzene rings is 1. The smallest absolute Gasteiger partial charge is 0.313 e. The molecule has 0 radical (unpaired) electrons. The minimum absolute atomic E-state index is 0.0419. The van der Waals surface area contributed by atoms with Crippen LogP contribution in [-0.2, 0) is 11.8 Å². The Bertz CT molecular complexity index is 810. The Morgan fingerprint density at radius 3 is 2.90 bits per heavy atom. The van der Waals surface area contributed by atoms with Crippen molar-refractivity contribution in [2.75, 3.05) is 5.75 Å². The van der Waals surface area contributed by atoms with Gasteiger partial charge in [0.15, 0.2) is 11.0 Å². The van der Waals surface area contributed by atoms with E-state index in [-0.39, 0.29) is 5.75 Å². The largest absolute Gasteiger partial charge is 0.481 e. The first kappa shape index (κ1) is 13.6. The lowest BCUT2D eigenvalue weighted by Gasteiger charge is -2.05. The van der Waals surface area contributed by atoms with E-state index in [1.54, 1.807) is 10.8 Å². The van der Waals surface area contributed by atoms with E-state index in [9.17, 15) is 4.79 Å². The van der Waals surface area contributed by atoms with E-state index >= 15 is 0 Å². The van der Waals surface area contributed by atoms with Crippen molar-refractivity contribution in [2.45, 2.75) is 5.16 Å². The molecule has 106 valence electrons. The minimum atomic E-state index is -0.878. The normalized spacial score (nSPS) is 10.9. The second-order valence-corrected chi connectivity index (χ2v) is 5.37. The number of carboxylic acids is 1. The topological polar surface area (TPSA) is 80.9 Å². The third-order valence-corrected chi connectivity index (χ3v) is 4.04. The fraction of sp³-hybridized carbons (Fsp3) is 0.143. The summed E-state index contributed by atoms with van der Waals surface area (Å²) in [5.74, 6) is -0.247. The molecule has 2 aromatic heterocycles. The molecule has 1 aromatic carbocycles. The number of thioether (sulfide) groups is 1. The number of carbonyl (C=O) groups is 1. The highest BCUT2D eigenvalue weighted by Crippen LogP contribution is 2.27. The maximum absolute atomic E-state index is 10.6. The molecule has 0 atom stereocenters. The van der Waals surface area contributed by atoms with Gasteiger partial charge in [0.1, 0.15) is 0 Å². The Balaban J connectivity index is 2.05. The van der Waals surface area contributed by atoms with E-state index < -0.39 is 5.97 Å². The van der Waals surface area contributed by atoms with Crippen LogP contribution in [0.5, 0.6) is 0 Å². The van der Waals surface area contributed by atoms with Gasteiger partial charge < -0.3 is 9.67 Å². The molecule has 3 aromatic rings. The number of hydrogen-bond donors (Lipinski definition) is 1. The Labute approximate surface area is 124 Å². The molecule has 3 rings (SSSR count). The molecule has 0 aliphatic rings. The summed E-state index contributed by atoms with van der Waals surface area (Å²) in [6, 6.07) is 9.74. The van der Waals surface area contributed by atoms with Crippen molar-refractivity contribution in [1.82, 2.24) is 19.7 Å². The standard InChI is InChI=1S/C14H12N4O2S/c1-18-13(16-17-14(18)21-8-11(19)20)10-6-2-4-9-5-3-7-15-12(9)10/h2-7H,8H2,1H3,(H,19,20). The fourth-order valence-corrected chi connectivity index (χ4v) is 2.72. The molecule has 0 unspecified atom stereocenters. The highest BCUT2D eigenvalue weighted by atomic mass is 32.2. The summed E-state index contributed by atoms with van der Waals surface area (Å²) >= 11 is 1.15. The van der Waals surface area contributed by atoms with Crippen LogP contribution in [0.2, 0.25) is 0 Å². The monoisotopic (exact) mass is 300 g/mol. The highest BCUT2D eigenvalue weighted by Gasteiger charge is 2.14. The number of carboxylic acid groups (broad SMARTS) is 1. The van der Waals surface area contributed by atoms with Crippen molar-refractivity contribution < 1.29 is 9.90 Å². The fourth-order valence-electron chi connectivity index (χ4n) is 2.09. The van der Waals surface area contributed by atoms with Gasteiger partial charge in [-0.15, -0.1) is 10.2 Å². The zero-order valence-electron chi connectivity index (χ0n) is 11.2. The average Bonchev–Trinajstić information content (AvgIpc) is 2.85. The molecule has 0 aliphatic heterocycles. The zero-order valence-corrected chi connectivity index (χ0v) is 12.0. The van der Waals surface area contributed by atoms with Gasteiger partial charge in [0, 0.05) is 24.2 Å². The molecule has 1 N–H and O–H groups in total. The van der Waals surface area contributed by atoms with Crippen molar-refractivity contribution in [2.24, 2.45) is 7.05 Å². The van der Waals surface area contributed by atoms with Gasteiger partial charge >= 0.3 is 5.97 Å². The van der Waals surface area contributed by atoms with E-state index in [2.05, 4.69) is 15.2 Å². The summed E-state index contributed by atoms with van der Waals surface area (Å²) < 4.78 is 1.79. The Kier molecular flexibility index (Phi) is 3.57. The van der Waals surface area contributed by atoms with Crippen molar-refractivity contribution >= 4 is 28.6 Å². The number of aromatic nitrogens is 4. The summed E-state index contributed by atoms with van der Waals surface area (Å²) in [5.41, 5.74) is 1.73. The van der Waals surface area contributed by atoms with Gasteiger partial charge in [0.05, 0.1) is 11.3 Å². The van der Waals surface area contributed by atoms with Crippen molar-refractivity contribution in [3.05, 3.63) is 36.5 Å². The highest BCUT2D eigenvalue weighted by molar-refractivity contribution is 7.99. The first-order valence-electron chi connectivity index (χ1n) is 6.25.